The number of nitrogens with zero attached hydrogens (tertiary/aromatic N) is 3. The van der Waals surface area contributed by atoms with E-state index >= 15 is 0 Å². The molecular formula is C10H13N5O. The molecule has 0 aliphatic carbocycles. The van der Waals surface area contributed by atoms with Crippen molar-refractivity contribution in [2.45, 2.75) is 13.1 Å². The first-order valence-electron chi connectivity index (χ1n) is 5.01. The molecule has 2 heterocycles. The van der Waals surface area contributed by atoms with Crippen molar-refractivity contribution in [1.82, 2.24) is 10.3 Å². The van der Waals surface area contributed by atoms with E-state index in [1.54, 1.807) is 6.20 Å². The fourth-order valence-corrected chi connectivity index (χ4v) is 1.32. The van der Waals surface area contributed by atoms with Crippen LogP contribution in [-0.2, 0) is 4.74 Å². The van der Waals surface area contributed by atoms with Gasteiger partial charge in [-0.2, -0.15) is 0 Å². The zero-order valence-corrected chi connectivity index (χ0v) is 8.92. The van der Waals surface area contributed by atoms with Crippen LogP contribution in [0.25, 0.3) is 0 Å². The maximum Gasteiger partial charge on any atom is 0.294 e. The molecule has 1 aliphatic heterocycles. The first-order valence-corrected chi connectivity index (χ1v) is 5.01. The van der Waals surface area contributed by atoms with E-state index in [0.717, 1.165) is 5.69 Å². The molecule has 16 heavy (non-hydrogen) atoms. The molecule has 84 valence electrons. The third-order valence-corrected chi connectivity index (χ3v) is 1.97. The van der Waals surface area contributed by atoms with Gasteiger partial charge in [-0.15, -0.1) is 0 Å². The number of hydrogen-bond donors (Lipinski definition) is 2. The summed E-state index contributed by atoms with van der Waals surface area (Å²) in [6.45, 7) is 2.40. The van der Waals surface area contributed by atoms with Crippen molar-refractivity contribution >= 4 is 12.0 Å². The van der Waals surface area contributed by atoms with Gasteiger partial charge in [-0.3, -0.25) is 10.3 Å². The Bertz CT molecular complexity index is 414. The molecule has 0 bridgehead atoms. The summed E-state index contributed by atoms with van der Waals surface area (Å²) < 4.78 is 5.26. The fraction of sp³-hybridized carbons (Fsp3) is 0.300. The molecule has 1 aliphatic rings. The van der Waals surface area contributed by atoms with E-state index in [0.29, 0.717) is 12.6 Å². The number of pyridine rings is 1. The van der Waals surface area contributed by atoms with Crippen LogP contribution in [0.1, 0.15) is 18.8 Å². The molecule has 0 saturated carbocycles. The molecule has 0 amide bonds. The highest BCUT2D eigenvalue weighted by atomic mass is 16.5. The Morgan fingerprint density at radius 2 is 2.31 bits per heavy atom. The highest BCUT2D eigenvalue weighted by molar-refractivity contribution is 5.96. The van der Waals surface area contributed by atoms with Gasteiger partial charge < -0.3 is 10.5 Å². The first-order chi connectivity index (χ1) is 7.79. The van der Waals surface area contributed by atoms with Crippen molar-refractivity contribution in [2.24, 2.45) is 15.7 Å². The average Bonchev–Trinajstić information content (AvgIpc) is 2.30. The summed E-state index contributed by atoms with van der Waals surface area (Å²) >= 11 is 0. The SMILES string of the molecule is CCOC1=NC(c2ccccn2)N=C(N)N1. The van der Waals surface area contributed by atoms with Crippen LogP contribution < -0.4 is 11.1 Å². The first kappa shape index (κ1) is 10.4. The molecule has 2 rings (SSSR count). The Morgan fingerprint density at radius 3 is 3.00 bits per heavy atom. The summed E-state index contributed by atoms with van der Waals surface area (Å²) in [5.41, 5.74) is 6.37. The van der Waals surface area contributed by atoms with Crippen LogP contribution >= 0.6 is 0 Å². The smallest absolute Gasteiger partial charge is 0.294 e. The highest BCUT2D eigenvalue weighted by Crippen LogP contribution is 2.17. The monoisotopic (exact) mass is 219 g/mol. The Morgan fingerprint density at radius 1 is 1.44 bits per heavy atom. The van der Waals surface area contributed by atoms with Crippen molar-refractivity contribution in [1.29, 1.82) is 0 Å². The third kappa shape index (κ3) is 2.28. The molecule has 0 spiro atoms. The standard InChI is InChI=1S/C10H13N5O/c1-2-16-10-14-8(13-9(11)15-10)7-5-3-4-6-12-7/h3-6,8H,2H2,1H3,(H3,11,13,14,15). The third-order valence-electron chi connectivity index (χ3n) is 1.97. The summed E-state index contributed by atoms with van der Waals surface area (Å²) in [4.78, 5) is 12.6. The lowest BCUT2D eigenvalue weighted by atomic mass is 10.3. The van der Waals surface area contributed by atoms with E-state index in [-0.39, 0.29) is 5.96 Å². The van der Waals surface area contributed by atoms with Gasteiger partial charge in [0.2, 0.25) is 0 Å². The summed E-state index contributed by atoms with van der Waals surface area (Å²) in [5, 5.41) is 2.74. The Kier molecular flexibility index (Phi) is 3.00. The fourth-order valence-electron chi connectivity index (χ4n) is 1.32. The van der Waals surface area contributed by atoms with Gasteiger partial charge in [-0.25, -0.2) is 9.98 Å². The zero-order chi connectivity index (χ0) is 11.4. The summed E-state index contributed by atoms with van der Waals surface area (Å²) in [6.07, 6.45) is 1.27. The molecule has 6 nitrogen and oxygen atoms in total. The molecular weight excluding hydrogens is 206 g/mol. The van der Waals surface area contributed by atoms with Gasteiger partial charge in [0.25, 0.3) is 6.02 Å². The van der Waals surface area contributed by atoms with E-state index in [9.17, 15) is 0 Å². The van der Waals surface area contributed by atoms with E-state index in [1.165, 1.54) is 0 Å². The van der Waals surface area contributed by atoms with Crippen LogP contribution in [0.3, 0.4) is 0 Å². The van der Waals surface area contributed by atoms with E-state index < -0.39 is 6.17 Å². The van der Waals surface area contributed by atoms with Crippen LogP contribution in [0.2, 0.25) is 0 Å². The number of nitrogens with two attached hydrogens (primary N) is 1. The van der Waals surface area contributed by atoms with Crippen molar-refractivity contribution in [3.63, 3.8) is 0 Å². The van der Waals surface area contributed by atoms with Crippen molar-refractivity contribution in [3.8, 4) is 0 Å². The normalized spacial score (nSPS) is 19.4. The minimum atomic E-state index is -0.427. The second-order valence-corrected chi connectivity index (χ2v) is 3.13. The molecule has 0 radical (unpaired) electrons. The average molecular weight is 219 g/mol. The van der Waals surface area contributed by atoms with Crippen molar-refractivity contribution in [2.75, 3.05) is 6.61 Å². The molecule has 0 aromatic carbocycles. The molecule has 0 saturated heterocycles. The van der Waals surface area contributed by atoms with Gasteiger partial charge in [0.05, 0.1) is 12.3 Å². The van der Waals surface area contributed by atoms with Crippen molar-refractivity contribution < 1.29 is 4.74 Å². The van der Waals surface area contributed by atoms with Gasteiger partial charge in [-0.05, 0) is 19.1 Å². The van der Waals surface area contributed by atoms with Crippen molar-refractivity contribution in [3.05, 3.63) is 30.1 Å². The molecule has 0 fully saturated rings. The number of aromatic nitrogens is 1. The molecule has 1 atom stereocenters. The van der Waals surface area contributed by atoms with Gasteiger partial charge in [0.1, 0.15) is 0 Å². The van der Waals surface area contributed by atoms with E-state index in [1.807, 2.05) is 25.1 Å². The van der Waals surface area contributed by atoms with Gasteiger partial charge in [0.15, 0.2) is 12.1 Å². The maximum atomic E-state index is 5.63. The lowest BCUT2D eigenvalue weighted by Gasteiger charge is -2.18. The highest BCUT2D eigenvalue weighted by Gasteiger charge is 2.17. The molecule has 3 N–H and O–H groups in total. The minimum absolute atomic E-state index is 0.286. The summed E-state index contributed by atoms with van der Waals surface area (Å²) in [6, 6.07) is 5.95. The number of guanidine groups is 1. The van der Waals surface area contributed by atoms with Gasteiger partial charge >= 0.3 is 0 Å². The quantitative estimate of drug-likeness (QED) is 0.753. The predicted molar refractivity (Wildman–Crippen MR) is 60.8 cm³/mol. The summed E-state index contributed by atoms with van der Waals surface area (Å²) in [7, 11) is 0. The van der Waals surface area contributed by atoms with Crippen LogP contribution in [0.15, 0.2) is 34.4 Å². The number of amidine groups is 1. The number of aliphatic imine (C=N–C) groups is 2. The Labute approximate surface area is 93.3 Å². The Hall–Kier alpha value is -2.11. The zero-order valence-electron chi connectivity index (χ0n) is 8.92. The van der Waals surface area contributed by atoms with Crippen LogP contribution in [0, 0.1) is 0 Å². The maximum absolute atomic E-state index is 5.63. The molecule has 1 aromatic heterocycles. The number of hydrogen-bond acceptors (Lipinski definition) is 6. The lowest BCUT2D eigenvalue weighted by molar-refractivity contribution is 0.310. The number of nitrogens with one attached hydrogen (secondary N) is 1. The largest absolute Gasteiger partial charge is 0.465 e. The molecule has 1 aromatic rings. The summed E-state index contributed by atoms with van der Waals surface area (Å²) in [5.74, 6) is 0.286. The van der Waals surface area contributed by atoms with Crippen LogP contribution in [0.5, 0.6) is 0 Å². The number of ether oxygens (including phenoxy) is 1. The second kappa shape index (κ2) is 4.61. The van der Waals surface area contributed by atoms with Gasteiger partial charge in [-0.1, -0.05) is 6.07 Å². The second-order valence-electron chi connectivity index (χ2n) is 3.13. The lowest BCUT2D eigenvalue weighted by Crippen LogP contribution is -2.41. The Balaban J connectivity index is 2.23. The van der Waals surface area contributed by atoms with Gasteiger partial charge in [0, 0.05) is 6.20 Å². The van der Waals surface area contributed by atoms with E-state index in [2.05, 4.69) is 20.3 Å². The molecule has 1 unspecified atom stereocenters. The number of rotatable bonds is 2. The van der Waals surface area contributed by atoms with E-state index in [4.69, 9.17) is 10.5 Å². The van der Waals surface area contributed by atoms with Crippen LogP contribution in [-0.4, -0.2) is 23.6 Å². The molecule has 6 heteroatoms. The predicted octanol–water partition coefficient (Wildman–Crippen LogP) is 0.391. The topological polar surface area (TPSA) is 84.9 Å². The minimum Gasteiger partial charge on any atom is -0.465 e. The van der Waals surface area contributed by atoms with Crippen LogP contribution in [0.4, 0.5) is 0 Å².